The summed E-state index contributed by atoms with van der Waals surface area (Å²) in [6.45, 7) is 5.85. The van der Waals surface area contributed by atoms with E-state index in [-0.39, 0.29) is 5.41 Å². The molecule has 0 unspecified atom stereocenters. The SMILES string of the molecule is CCc1c(C)cccc1OCC1(CN)CCC1. The monoisotopic (exact) mass is 233 g/mol. The van der Waals surface area contributed by atoms with Gasteiger partial charge in [0.05, 0.1) is 6.61 Å². The third kappa shape index (κ3) is 2.47. The molecule has 1 aliphatic rings. The van der Waals surface area contributed by atoms with Crippen LogP contribution in [0.2, 0.25) is 0 Å². The summed E-state index contributed by atoms with van der Waals surface area (Å²) in [5.41, 5.74) is 8.76. The summed E-state index contributed by atoms with van der Waals surface area (Å²) in [4.78, 5) is 0. The molecule has 17 heavy (non-hydrogen) atoms. The Morgan fingerprint density at radius 1 is 1.35 bits per heavy atom. The second-order valence-corrected chi connectivity index (χ2v) is 5.25. The summed E-state index contributed by atoms with van der Waals surface area (Å²) >= 11 is 0. The van der Waals surface area contributed by atoms with Crippen molar-refractivity contribution >= 4 is 0 Å². The van der Waals surface area contributed by atoms with Crippen LogP contribution in [0.1, 0.15) is 37.3 Å². The molecule has 1 aromatic rings. The normalized spacial score (nSPS) is 17.6. The van der Waals surface area contributed by atoms with Crippen molar-refractivity contribution in [3.8, 4) is 5.75 Å². The van der Waals surface area contributed by atoms with Crippen LogP contribution < -0.4 is 10.5 Å². The maximum Gasteiger partial charge on any atom is 0.122 e. The third-order valence-corrected chi connectivity index (χ3v) is 4.10. The first-order valence-corrected chi connectivity index (χ1v) is 6.62. The molecule has 0 aliphatic heterocycles. The molecule has 1 fully saturated rings. The molecular weight excluding hydrogens is 210 g/mol. The van der Waals surface area contributed by atoms with E-state index in [1.807, 2.05) is 0 Å². The van der Waals surface area contributed by atoms with E-state index in [9.17, 15) is 0 Å². The van der Waals surface area contributed by atoms with Crippen LogP contribution in [-0.4, -0.2) is 13.2 Å². The summed E-state index contributed by atoms with van der Waals surface area (Å²) in [6.07, 6.45) is 4.76. The fraction of sp³-hybridized carbons (Fsp3) is 0.600. The molecule has 0 bridgehead atoms. The topological polar surface area (TPSA) is 35.2 Å². The summed E-state index contributed by atoms with van der Waals surface area (Å²) in [7, 11) is 0. The lowest BCUT2D eigenvalue weighted by Gasteiger charge is -2.40. The molecule has 0 spiro atoms. The maximum absolute atomic E-state index is 6.03. The van der Waals surface area contributed by atoms with Crippen molar-refractivity contribution < 1.29 is 4.74 Å². The van der Waals surface area contributed by atoms with Crippen molar-refractivity contribution in [3.05, 3.63) is 29.3 Å². The van der Waals surface area contributed by atoms with Crippen LogP contribution in [0.4, 0.5) is 0 Å². The minimum absolute atomic E-state index is 0.259. The van der Waals surface area contributed by atoms with Gasteiger partial charge in [0.25, 0.3) is 0 Å². The fourth-order valence-corrected chi connectivity index (χ4v) is 2.58. The summed E-state index contributed by atoms with van der Waals surface area (Å²) < 4.78 is 6.03. The third-order valence-electron chi connectivity index (χ3n) is 4.10. The van der Waals surface area contributed by atoms with Crippen LogP contribution in [0.5, 0.6) is 5.75 Å². The predicted molar refractivity (Wildman–Crippen MR) is 71.4 cm³/mol. The number of benzene rings is 1. The Kier molecular flexibility index (Phi) is 3.72. The van der Waals surface area contributed by atoms with Crippen LogP contribution in [0.3, 0.4) is 0 Å². The highest BCUT2D eigenvalue weighted by molar-refractivity contribution is 5.39. The quantitative estimate of drug-likeness (QED) is 0.848. The Balaban J connectivity index is 2.06. The summed E-state index contributed by atoms with van der Waals surface area (Å²) in [5, 5.41) is 0. The van der Waals surface area contributed by atoms with E-state index in [2.05, 4.69) is 32.0 Å². The first kappa shape index (κ1) is 12.4. The molecule has 2 heteroatoms. The van der Waals surface area contributed by atoms with E-state index in [0.717, 1.165) is 25.3 Å². The Morgan fingerprint density at radius 3 is 2.65 bits per heavy atom. The van der Waals surface area contributed by atoms with Gasteiger partial charge in [-0.1, -0.05) is 25.5 Å². The van der Waals surface area contributed by atoms with Crippen molar-refractivity contribution in [1.29, 1.82) is 0 Å². The lowest BCUT2D eigenvalue weighted by atomic mass is 9.69. The molecule has 0 heterocycles. The van der Waals surface area contributed by atoms with Crippen LogP contribution in [-0.2, 0) is 6.42 Å². The zero-order valence-corrected chi connectivity index (χ0v) is 11.0. The van der Waals surface area contributed by atoms with Crippen LogP contribution >= 0.6 is 0 Å². The van der Waals surface area contributed by atoms with E-state index < -0.39 is 0 Å². The van der Waals surface area contributed by atoms with E-state index in [4.69, 9.17) is 10.5 Å². The number of hydrogen-bond acceptors (Lipinski definition) is 2. The summed E-state index contributed by atoms with van der Waals surface area (Å²) in [5.74, 6) is 1.05. The number of nitrogens with two attached hydrogens (primary N) is 1. The first-order chi connectivity index (χ1) is 8.21. The van der Waals surface area contributed by atoms with E-state index in [0.29, 0.717) is 0 Å². The van der Waals surface area contributed by atoms with Gasteiger partial charge in [-0.05, 0) is 43.4 Å². The molecule has 0 aromatic heterocycles. The van der Waals surface area contributed by atoms with Gasteiger partial charge in [-0.2, -0.15) is 0 Å². The lowest BCUT2D eigenvalue weighted by Crippen LogP contribution is -2.42. The van der Waals surface area contributed by atoms with E-state index in [1.54, 1.807) is 0 Å². The second-order valence-electron chi connectivity index (χ2n) is 5.25. The van der Waals surface area contributed by atoms with Crippen LogP contribution in [0.25, 0.3) is 0 Å². The van der Waals surface area contributed by atoms with Crippen molar-refractivity contribution in [2.24, 2.45) is 11.1 Å². The van der Waals surface area contributed by atoms with Gasteiger partial charge < -0.3 is 10.5 Å². The zero-order chi connectivity index (χ0) is 12.3. The largest absolute Gasteiger partial charge is 0.493 e. The van der Waals surface area contributed by atoms with Crippen molar-refractivity contribution in [1.82, 2.24) is 0 Å². The average molecular weight is 233 g/mol. The molecule has 2 rings (SSSR count). The molecule has 0 saturated heterocycles. The molecule has 0 amide bonds. The highest BCUT2D eigenvalue weighted by Crippen LogP contribution is 2.40. The van der Waals surface area contributed by atoms with Gasteiger partial charge in [-0.3, -0.25) is 0 Å². The highest BCUT2D eigenvalue weighted by atomic mass is 16.5. The molecule has 94 valence electrons. The summed E-state index contributed by atoms with van der Waals surface area (Å²) in [6, 6.07) is 6.29. The van der Waals surface area contributed by atoms with Gasteiger partial charge in [0.2, 0.25) is 0 Å². The van der Waals surface area contributed by atoms with Crippen LogP contribution in [0, 0.1) is 12.3 Å². The number of ether oxygens (including phenoxy) is 1. The highest BCUT2D eigenvalue weighted by Gasteiger charge is 2.36. The van der Waals surface area contributed by atoms with Gasteiger partial charge in [-0.15, -0.1) is 0 Å². The Bertz CT molecular complexity index is 377. The molecule has 1 saturated carbocycles. The predicted octanol–water partition coefficient (Wildman–Crippen LogP) is 3.07. The minimum atomic E-state index is 0.259. The number of hydrogen-bond donors (Lipinski definition) is 1. The van der Waals surface area contributed by atoms with E-state index >= 15 is 0 Å². The molecule has 0 atom stereocenters. The van der Waals surface area contributed by atoms with Crippen molar-refractivity contribution in [2.45, 2.75) is 39.5 Å². The molecule has 2 N–H and O–H groups in total. The zero-order valence-electron chi connectivity index (χ0n) is 11.0. The first-order valence-electron chi connectivity index (χ1n) is 6.62. The Morgan fingerprint density at radius 2 is 2.12 bits per heavy atom. The van der Waals surface area contributed by atoms with Gasteiger partial charge in [0.15, 0.2) is 0 Å². The maximum atomic E-state index is 6.03. The standard InChI is InChI=1S/C15H23NO/c1-3-13-12(2)6-4-7-14(13)17-11-15(10-16)8-5-9-15/h4,6-7H,3,5,8-11,16H2,1-2H3. The number of rotatable bonds is 5. The van der Waals surface area contributed by atoms with Crippen molar-refractivity contribution in [2.75, 3.05) is 13.2 Å². The van der Waals surface area contributed by atoms with Crippen molar-refractivity contribution in [3.63, 3.8) is 0 Å². The average Bonchev–Trinajstić information content (AvgIpc) is 2.28. The fourth-order valence-electron chi connectivity index (χ4n) is 2.58. The Hall–Kier alpha value is -1.02. The molecule has 1 aromatic carbocycles. The van der Waals surface area contributed by atoms with Gasteiger partial charge in [0.1, 0.15) is 5.75 Å². The van der Waals surface area contributed by atoms with Crippen LogP contribution in [0.15, 0.2) is 18.2 Å². The second kappa shape index (κ2) is 5.09. The molecule has 1 aliphatic carbocycles. The molecular formula is C15H23NO. The lowest BCUT2D eigenvalue weighted by molar-refractivity contribution is 0.0662. The smallest absolute Gasteiger partial charge is 0.122 e. The van der Waals surface area contributed by atoms with Gasteiger partial charge in [-0.25, -0.2) is 0 Å². The number of aryl methyl sites for hydroxylation is 1. The van der Waals surface area contributed by atoms with E-state index in [1.165, 1.54) is 30.4 Å². The molecule has 2 nitrogen and oxygen atoms in total. The Labute approximate surface area is 104 Å². The molecule has 0 radical (unpaired) electrons. The van der Waals surface area contributed by atoms with Gasteiger partial charge >= 0.3 is 0 Å². The van der Waals surface area contributed by atoms with Gasteiger partial charge in [0, 0.05) is 12.0 Å². The minimum Gasteiger partial charge on any atom is -0.493 e.